The quantitative estimate of drug-likeness (QED) is 0.801. The summed E-state index contributed by atoms with van der Waals surface area (Å²) in [7, 11) is 0. The molecule has 0 aliphatic carbocycles. The lowest BCUT2D eigenvalue weighted by atomic mass is 10.2. The molecule has 0 bridgehead atoms. The summed E-state index contributed by atoms with van der Waals surface area (Å²) in [5, 5.41) is 14.8. The molecule has 3 rings (SSSR count). The molecule has 1 aromatic carbocycles. The van der Waals surface area contributed by atoms with E-state index in [9.17, 15) is 4.79 Å². The Kier molecular flexibility index (Phi) is 6.30. The Morgan fingerprint density at radius 1 is 1.26 bits per heavy atom. The predicted molar refractivity (Wildman–Crippen MR) is 102 cm³/mol. The van der Waals surface area contributed by atoms with E-state index < -0.39 is 0 Å². The van der Waals surface area contributed by atoms with Gasteiger partial charge in [-0.3, -0.25) is 9.69 Å². The summed E-state index contributed by atoms with van der Waals surface area (Å²) in [5.74, 6) is 0.120. The van der Waals surface area contributed by atoms with Crippen molar-refractivity contribution in [3.05, 3.63) is 47.3 Å². The third kappa shape index (κ3) is 5.48. The second kappa shape index (κ2) is 9.07. The van der Waals surface area contributed by atoms with Crippen LogP contribution in [0, 0.1) is 18.3 Å². The van der Waals surface area contributed by atoms with E-state index in [2.05, 4.69) is 25.5 Å². The Labute approximate surface area is 158 Å². The van der Waals surface area contributed by atoms with Gasteiger partial charge < -0.3 is 15.4 Å². The van der Waals surface area contributed by atoms with Crippen molar-refractivity contribution in [1.29, 1.82) is 5.26 Å². The van der Waals surface area contributed by atoms with Crippen LogP contribution in [0.1, 0.15) is 21.7 Å². The van der Waals surface area contributed by atoms with Gasteiger partial charge in [0, 0.05) is 37.6 Å². The zero-order chi connectivity index (χ0) is 19.1. The first-order chi connectivity index (χ1) is 13.1. The number of rotatable bonds is 6. The molecule has 8 nitrogen and oxygen atoms in total. The van der Waals surface area contributed by atoms with Gasteiger partial charge in [-0.05, 0) is 37.3 Å². The van der Waals surface area contributed by atoms with Crippen LogP contribution in [0.2, 0.25) is 0 Å². The first-order valence-corrected chi connectivity index (χ1v) is 8.85. The Morgan fingerprint density at radius 3 is 2.70 bits per heavy atom. The molecule has 2 heterocycles. The monoisotopic (exact) mass is 366 g/mol. The first kappa shape index (κ1) is 18.8. The number of aromatic nitrogens is 2. The molecule has 2 N–H and O–H groups in total. The lowest BCUT2D eigenvalue weighted by molar-refractivity contribution is 0.0398. The number of ether oxygens (including phenoxy) is 1. The summed E-state index contributed by atoms with van der Waals surface area (Å²) < 4.78 is 5.34. The SMILES string of the molecule is Cc1cc(C(=O)Nc2ccc(C#N)cc2)nc(NCCN2CCOCC2)n1. The highest BCUT2D eigenvalue weighted by Gasteiger charge is 2.12. The lowest BCUT2D eigenvalue weighted by Gasteiger charge is -2.26. The van der Waals surface area contributed by atoms with Gasteiger partial charge in [0.05, 0.1) is 24.8 Å². The van der Waals surface area contributed by atoms with Crippen molar-refractivity contribution in [3.8, 4) is 6.07 Å². The number of aryl methyl sites for hydroxylation is 1. The van der Waals surface area contributed by atoms with Crippen LogP contribution in [0.3, 0.4) is 0 Å². The van der Waals surface area contributed by atoms with Gasteiger partial charge >= 0.3 is 0 Å². The normalized spacial score (nSPS) is 14.4. The van der Waals surface area contributed by atoms with E-state index in [1.807, 2.05) is 13.0 Å². The van der Waals surface area contributed by atoms with Crippen molar-refractivity contribution >= 4 is 17.5 Å². The number of amides is 1. The summed E-state index contributed by atoms with van der Waals surface area (Å²) in [6.45, 7) is 6.77. The molecule has 8 heteroatoms. The van der Waals surface area contributed by atoms with Crippen molar-refractivity contribution in [1.82, 2.24) is 14.9 Å². The minimum Gasteiger partial charge on any atom is -0.379 e. The fraction of sp³-hybridized carbons (Fsp3) is 0.368. The molecule has 2 aromatic rings. The Morgan fingerprint density at radius 2 is 2.00 bits per heavy atom. The van der Waals surface area contributed by atoms with E-state index in [1.54, 1.807) is 30.3 Å². The summed E-state index contributed by atoms with van der Waals surface area (Å²) in [5.41, 5.74) is 2.15. The second-order valence-electron chi connectivity index (χ2n) is 6.24. The molecule has 0 atom stereocenters. The van der Waals surface area contributed by atoms with Crippen LogP contribution in [0.25, 0.3) is 0 Å². The Balaban J connectivity index is 1.59. The minimum absolute atomic E-state index is 0.292. The number of hydrogen-bond donors (Lipinski definition) is 2. The maximum atomic E-state index is 12.5. The van der Waals surface area contributed by atoms with Crippen LogP contribution < -0.4 is 10.6 Å². The van der Waals surface area contributed by atoms with E-state index in [0.717, 1.165) is 32.8 Å². The number of hydrogen-bond acceptors (Lipinski definition) is 7. The van der Waals surface area contributed by atoms with Crippen LogP contribution in [0.15, 0.2) is 30.3 Å². The topological polar surface area (TPSA) is 103 Å². The second-order valence-corrected chi connectivity index (χ2v) is 6.24. The number of nitriles is 1. The molecule has 0 saturated carbocycles. The van der Waals surface area contributed by atoms with Crippen LogP contribution in [0.4, 0.5) is 11.6 Å². The van der Waals surface area contributed by atoms with Crippen LogP contribution in [0.5, 0.6) is 0 Å². The highest BCUT2D eigenvalue weighted by molar-refractivity contribution is 6.03. The summed E-state index contributed by atoms with van der Waals surface area (Å²) in [6.07, 6.45) is 0. The minimum atomic E-state index is -0.318. The molecule has 1 amide bonds. The van der Waals surface area contributed by atoms with Gasteiger partial charge in [-0.1, -0.05) is 0 Å². The molecule has 27 heavy (non-hydrogen) atoms. The van der Waals surface area contributed by atoms with Crippen LogP contribution >= 0.6 is 0 Å². The van der Waals surface area contributed by atoms with Crippen molar-refractivity contribution in [3.63, 3.8) is 0 Å². The molecule has 1 fully saturated rings. The number of nitrogens with zero attached hydrogens (tertiary/aromatic N) is 4. The van der Waals surface area contributed by atoms with Gasteiger partial charge in [-0.25, -0.2) is 9.97 Å². The maximum Gasteiger partial charge on any atom is 0.274 e. The van der Waals surface area contributed by atoms with Crippen molar-refractivity contribution in [2.24, 2.45) is 0 Å². The van der Waals surface area contributed by atoms with E-state index >= 15 is 0 Å². The zero-order valence-electron chi connectivity index (χ0n) is 15.2. The van der Waals surface area contributed by atoms with Gasteiger partial charge in [0.25, 0.3) is 5.91 Å². The molecule has 1 aromatic heterocycles. The van der Waals surface area contributed by atoms with Gasteiger partial charge in [-0.2, -0.15) is 5.26 Å². The largest absolute Gasteiger partial charge is 0.379 e. The Hall–Kier alpha value is -3.02. The molecule has 0 unspecified atom stereocenters. The maximum absolute atomic E-state index is 12.5. The van der Waals surface area contributed by atoms with Crippen LogP contribution in [-0.4, -0.2) is 60.2 Å². The Bertz CT molecular complexity index is 825. The van der Waals surface area contributed by atoms with Crippen molar-refractivity contribution in [2.45, 2.75) is 6.92 Å². The van der Waals surface area contributed by atoms with E-state index in [1.165, 1.54) is 0 Å². The van der Waals surface area contributed by atoms with Crippen LogP contribution in [-0.2, 0) is 4.74 Å². The number of benzene rings is 1. The van der Waals surface area contributed by atoms with Crippen molar-refractivity contribution in [2.75, 3.05) is 50.0 Å². The molecule has 1 saturated heterocycles. The predicted octanol–water partition coefficient (Wildman–Crippen LogP) is 1.65. The lowest BCUT2D eigenvalue weighted by Crippen LogP contribution is -2.39. The zero-order valence-corrected chi connectivity index (χ0v) is 15.2. The van der Waals surface area contributed by atoms with Crippen molar-refractivity contribution < 1.29 is 9.53 Å². The fourth-order valence-corrected chi connectivity index (χ4v) is 2.74. The average molecular weight is 366 g/mol. The first-order valence-electron chi connectivity index (χ1n) is 8.85. The molecular formula is C19H22N6O2. The highest BCUT2D eigenvalue weighted by atomic mass is 16.5. The standard InChI is InChI=1S/C19H22N6O2/c1-14-12-17(18(26)23-16-4-2-15(13-20)3-5-16)24-19(22-14)21-6-7-25-8-10-27-11-9-25/h2-5,12H,6-11H2,1H3,(H,23,26)(H,21,22,24). The molecule has 1 aliphatic rings. The van der Waals surface area contributed by atoms with E-state index in [4.69, 9.17) is 10.00 Å². The van der Waals surface area contributed by atoms with E-state index in [0.29, 0.717) is 35.1 Å². The molecule has 140 valence electrons. The molecule has 1 aliphatic heterocycles. The third-order valence-electron chi connectivity index (χ3n) is 4.17. The highest BCUT2D eigenvalue weighted by Crippen LogP contribution is 2.12. The number of carbonyl (C=O) groups excluding carboxylic acids is 1. The average Bonchev–Trinajstić information content (AvgIpc) is 2.69. The summed E-state index contributed by atoms with van der Waals surface area (Å²) in [4.78, 5) is 23.5. The molecular weight excluding hydrogens is 344 g/mol. The number of morpholine rings is 1. The molecule has 0 radical (unpaired) electrons. The number of anilines is 2. The van der Waals surface area contributed by atoms with Gasteiger partial charge in [0.2, 0.25) is 5.95 Å². The third-order valence-corrected chi connectivity index (χ3v) is 4.17. The smallest absolute Gasteiger partial charge is 0.274 e. The summed E-state index contributed by atoms with van der Waals surface area (Å²) in [6, 6.07) is 10.4. The van der Waals surface area contributed by atoms with E-state index in [-0.39, 0.29) is 5.91 Å². The van der Waals surface area contributed by atoms with Gasteiger partial charge in [0.15, 0.2) is 0 Å². The van der Waals surface area contributed by atoms with Gasteiger partial charge in [-0.15, -0.1) is 0 Å². The van der Waals surface area contributed by atoms with Gasteiger partial charge in [0.1, 0.15) is 5.69 Å². The fourth-order valence-electron chi connectivity index (χ4n) is 2.74. The molecule has 0 spiro atoms. The summed E-state index contributed by atoms with van der Waals surface area (Å²) >= 11 is 0. The number of nitrogens with one attached hydrogen (secondary N) is 2. The number of carbonyl (C=O) groups is 1.